The second kappa shape index (κ2) is 13.6. The summed E-state index contributed by atoms with van der Waals surface area (Å²) in [6.07, 6.45) is 0. The zero-order valence-electron chi connectivity index (χ0n) is 17.0. The molecule has 0 radical (unpaired) electrons. The van der Waals surface area contributed by atoms with Crippen LogP contribution >= 0.6 is 0 Å². The molecule has 0 aliphatic rings. The van der Waals surface area contributed by atoms with E-state index in [0.717, 1.165) is 9.80 Å². The maximum absolute atomic E-state index is 12.0. The number of hydrogen-bond acceptors (Lipinski definition) is 10. The van der Waals surface area contributed by atoms with Gasteiger partial charge in [0, 0.05) is 13.1 Å². The first-order chi connectivity index (χ1) is 15.1. The third kappa shape index (κ3) is 10.9. The number of carbonyl (C=O) groups is 5. The van der Waals surface area contributed by atoms with Gasteiger partial charge in [-0.15, -0.1) is 0 Å². The van der Waals surface area contributed by atoms with E-state index >= 15 is 0 Å². The van der Waals surface area contributed by atoms with E-state index in [1.807, 2.05) is 0 Å². The summed E-state index contributed by atoms with van der Waals surface area (Å²) in [7, 11) is 0. The lowest BCUT2D eigenvalue weighted by atomic mass is 10.2. The number of hydrogen-bond donors (Lipinski definition) is 4. The summed E-state index contributed by atoms with van der Waals surface area (Å²) >= 11 is 0. The van der Waals surface area contributed by atoms with Gasteiger partial charge in [-0.1, -0.05) is 12.1 Å². The first-order valence-electron chi connectivity index (χ1n) is 9.29. The minimum Gasteiger partial charge on any atom is -0.507 e. The average Bonchev–Trinajstić information content (AvgIpc) is 2.68. The number of phenolic OH excluding ortho intramolecular Hbond substituents is 1. The summed E-state index contributed by atoms with van der Waals surface area (Å²) in [6.45, 7) is -3.01. The normalized spacial score (nSPS) is 10.7. The molecule has 0 bridgehead atoms. The molecule has 0 fully saturated rings. The molecule has 0 amide bonds. The minimum atomic E-state index is -1.26. The van der Waals surface area contributed by atoms with Crippen LogP contribution in [0.4, 0.5) is 0 Å². The quantitative estimate of drug-likeness (QED) is 0.185. The number of nitrogens with zero attached hydrogens (tertiary/aromatic N) is 2. The van der Waals surface area contributed by atoms with Crippen LogP contribution in [-0.4, -0.2) is 113 Å². The van der Waals surface area contributed by atoms with Crippen LogP contribution in [0.3, 0.4) is 0 Å². The fourth-order valence-electron chi connectivity index (χ4n) is 2.53. The third-order valence-corrected chi connectivity index (χ3v) is 3.87. The lowest BCUT2D eigenvalue weighted by Gasteiger charge is -2.24. The van der Waals surface area contributed by atoms with Gasteiger partial charge in [0.25, 0.3) is 0 Å². The predicted octanol–water partition coefficient (Wildman–Crippen LogP) is -1.05. The van der Waals surface area contributed by atoms with E-state index in [0.29, 0.717) is 0 Å². The smallest absolute Gasteiger partial charge is 0.342 e. The van der Waals surface area contributed by atoms with Crippen molar-refractivity contribution in [2.24, 2.45) is 0 Å². The van der Waals surface area contributed by atoms with Crippen LogP contribution in [0, 0.1) is 0 Å². The number of carboxylic acid groups (broad SMARTS) is 3. The molecule has 0 spiro atoms. The first-order valence-corrected chi connectivity index (χ1v) is 9.29. The Morgan fingerprint density at radius 1 is 0.719 bits per heavy atom. The standard InChI is InChI=1S/C19H24N2O11/c22-14-4-2-1-3-13(14)19(30)32-8-7-31-18(29)12-21(11-17(27)28)6-5-20(9-15(23)24)10-16(25)26/h1-4,22H,5-12H2,(H,23,24)(H,25,26)(H,27,28). The molecule has 0 atom stereocenters. The van der Waals surface area contributed by atoms with Gasteiger partial charge in [-0.3, -0.25) is 29.0 Å². The summed E-state index contributed by atoms with van der Waals surface area (Å²) in [6, 6.07) is 5.72. The molecule has 0 heterocycles. The highest BCUT2D eigenvalue weighted by atomic mass is 16.6. The molecule has 1 rings (SSSR count). The van der Waals surface area contributed by atoms with Crippen molar-refractivity contribution >= 4 is 29.8 Å². The second-order valence-electron chi connectivity index (χ2n) is 6.48. The average molecular weight is 456 g/mol. The first kappa shape index (κ1) is 26.3. The molecule has 176 valence electrons. The summed E-state index contributed by atoms with van der Waals surface area (Å²) in [5.41, 5.74) is -0.0567. The van der Waals surface area contributed by atoms with Crippen LogP contribution in [-0.2, 0) is 28.7 Å². The van der Waals surface area contributed by atoms with Crippen molar-refractivity contribution in [1.29, 1.82) is 0 Å². The fraction of sp³-hybridized carbons (Fsp3) is 0.421. The van der Waals surface area contributed by atoms with E-state index in [4.69, 9.17) is 24.8 Å². The molecule has 0 saturated carbocycles. The maximum Gasteiger partial charge on any atom is 0.342 e. The Morgan fingerprint density at radius 2 is 1.19 bits per heavy atom. The van der Waals surface area contributed by atoms with Gasteiger partial charge in [-0.2, -0.15) is 0 Å². The second-order valence-corrected chi connectivity index (χ2v) is 6.48. The van der Waals surface area contributed by atoms with Crippen LogP contribution in [0.5, 0.6) is 5.75 Å². The molecule has 0 saturated heterocycles. The Balaban J connectivity index is 2.49. The number of aromatic hydroxyl groups is 1. The van der Waals surface area contributed by atoms with Crippen LogP contribution in [0.2, 0.25) is 0 Å². The van der Waals surface area contributed by atoms with Crippen LogP contribution < -0.4 is 0 Å². The summed E-state index contributed by atoms with van der Waals surface area (Å²) < 4.78 is 9.77. The lowest BCUT2D eigenvalue weighted by molar-refractivity contribution is -0.148. The maximum atomic E-state index is 12.0. The number of para-hydroxylation sites is 1. The summed E-state index contributed by atoms with van der Waals surface area (Å²) in [5.74, 6) is -5.67. The number of ether oxygens (including phenoxy) is 2. The minimum absolute atomic E-state index is 0.0567. The largest absolute Gasteiger partial charge is 0.507 e. The number of esters is 2. The van der Waals surface area contributed by atoms with Crippen molar-refractivity contribution in [1.82, 2.24) is 9.80 Å². The summed E-state index contributed by atoms with van der Waals surface area (Å²) in [5, 5.41) is 36.2. The predicted molar refractivity (Wildman–Crippen MR) is 105 cm³/mol. The van der Waals surface area contributed by atoms with Gasteiger partial charge in [-0.25, -0.2) is 4.79 Å². The highest BCUT2D eigenvalue weighted by Gasteiger charge is 2.19. The van der Waals surface area contributed by atoms with E-state index in [2.05, 4.69) is 0 Å². The molecule has 4 N–H and O–H groups in total. The Labute approximate surface area is 182 Å². The highest BCUT2D eigenvalue weighted by Crippen LogP contribution is 2.16. The molecule has 0 aromatic heterocycles. The van der Waals surface area contributed by atoms with Crippen LogP contribution in [0.25, 0.3) is 0 Å². The Kier molecular flexibility index (Phi) is 11.2. The van der Waals surface area contributed by atoms with Gasteiger partial charge in [-0.05, 0) is 12.1 Å². The third-order valence-electron chi connectivity index (χ3n) is 3.87. The molecule has 13 heteroatoms. The molecule has 32 heavy (non-hydrogen) atoms. The van der Waals surface area contributed by atoms with E-state index in [-0.39, 0.29) is 37.6 Å². The zero-order valence-corrected chi connectivity index (χ0v) is 17.0. The molecule has 1 aromatic rings. The van der Waals surface area contributed by atoms with E-state index in [1.54, 1.807) is 0 Å². The number of carboxylic acids is 3. The zero-order chi connectivity index (χ0) is 24.1. The molecule has 0 aliphatic heterocycles. The van der Waals surface area contributed by atoms with Gasteiger partial charge < -0.3 is 29.9 Å². The monoisotopic (exact) mass is 456 g/mol. The Morgan fingerprint density at radius 3 is 1.69 bits per heavy atom. The van der Waals surface area contributed by atoms with Gasteiger partial charge in [0.15, 0.2) is 0 Å². The lowest BCUT2D eigenvalue weighted by Crippen LogP contribution is -2.43. The summed E-state index contributed by atoms with van der Waals surface area (Å²) in [4.78, 5) is 58.7. The number of rotatable bonds is 15. The molecule has 1 aromatic carbocycles. The topological polar surface area (TPSA) is 191 Å². The molecule has 13 nitrogen and oxygen atoms in total. The van der Waals surface area contributed by atoms with Crippen molar-refractivity contribution in [2.75, 3.05) is 52.5 Å². The molecule has 0 aliphatic carbocycles. The number of aliphatic carboxylic acids is 3. The Hall–Kier alpha value is -3.71. The molecular weight excluding hydrogens is 432 g/mol. The number of benzene rings is 1. The van der Waals surface area contributed by atoms with Crippen molar-refractivity contribution < 1.29 is 53.9 Å². The van der Waals surface area contributed by atoms with Gasteiger partial charge in [0.2, 0.25) is 0 Å². The van der Waals surface area contributed by atoms with Gasteiger partial charge in [0.05, 0.1) is 26.2 Å². The number of carbonyl (C=O) groups excluding carboxylic acids is 2. The van der Waals surface area contributed by atoms with E-state index < -0.39 is 56.0 Å². The van der Waals surface area contributed by atoms with E-state index in [9.17, 15) is 29.1 Å². The number of phenols is 1. The molecular formula is C19H24N2O11. The highest BCUT2D eigenvalue weighted by molar-refractivity contribution is 5.92. The van der Waals surface area contributed by atoms with Gasteiger partial charge in [0.1, 0.15) is 24.5 Å². The van der Waals surface area contributed by atoms with Crippen LogP contribution in [0.1, 0.15) is 10.4 Å². The van der Waals surface area contributed by atoms with Gasteiger partial charge >= 0.3 is 29.8 Å². The Bertz CT molecular complexity index is 811. The fourth-order valence-corrected chi connectivity index (χ4v) is 2.53. The van der Waals surface area contributed by atoms with Crippen molar-refractivity contribution in [2.45, 2.75) is 0 Å². The SMILES string of the molecule is O=C(O)CN(CCN(CC(=O)O)CC(=O)OCCOC(=O)c1ccccc1O)CC(=O)O. The van der Waals surface area contributed by atoms with Crippen molar-refractivity contribution in [3.05, 3.63) is 29.8 Å². The van der Waals surface area contributed by atoms with Crippen molar-refractivity contribution in [3.63, 3.8) is 0 Å². The van der Waals surface area contributed by atoms with Crippen molar-refractivity contribution in [3.8, 4) is 5.75 Å². The van der Waals surface area contributed by atoms with E-state index in [1.165, 1.54) is 24.3 Å². The van der Waals surface area contributed by atoms with Crippen LogP contribution in [0.15, 0.2) is 24.3 Å². The molecule has 0 unspecified atom stereocenters.